The zero-order valence-corrected chi connectivity index (χ0v) is 15.6. The highest BCUT2D eigenvalue weighted by molar-refractivity contribution is 5.72. The van der Waals surface area contributed by atoms with Crippen molar-refractivity contribution >= 4 is 0 Å². The van der Waals surface area contributed by atoms with Crippen LogP contribution in [0.1, 0.15) is 24.2 Å². The summed E-state index contributed by atoms with van der Waals surface area (Å²) in [6.45, 7) is 3.69. The van der Waals surface area contributed by atoms with Gasteiger partial charge >= 0.3 is 0 Å². The van der Waals surface area contributed by atoms with Gasteiger partial charge in [0.05, 0.1) is 13.7 Å². The Hall–Kier alpha value is -2.63. The third-order valence-electron chi connectivity index (χ3n) is 5.16. The molecular weight excluding hydrogens is 338 g/mol. The molecule has 4 rings (SSSR count). The van der Waals surface area contributed by atoms with Crippen molar-refractivity contribution in [2.45, 2.75) is 25.9 Å². The molecule has 0 aliphatic carbocycles. The molecule has 0 atom stereocenters. The van der Waals surface area contributed by atoms with Crippen molar-refractivity contribution in [1.82, 2.24) is 10.1 Å². The molecule has 5 heteroatoms. The molecule has 3 aromatic rings. The Bertz CT molecular complexity index is 896. The Morgan fingerprint density at radius 3 is 2.44 bits per heavy atom. The van der Waals surface area contributed by atoms with Gasteiger partial charge in [-0.1, -0.05) is 35.5 Å². The smallest absolute Gasteiger partial charge is 0.150 e. The van der Waals surface area contributed by atoms with Crippen molar-refractivity contribution < 1.29 is 9.26 Å². The summed E-state index contributed by atoms with van der Waals surface area (Å²) < 4.78 is 10.7. The quantitative estimate of drug-likeness (QED) is 0.715. The van der Waals surface area contributed by atoms with Crippen molar-refractivity contribution in [1.29, 1.82) is 0 Å². The summed E-state index contributed by atoms with van der Waals surface area (Å²) in [4.78, 5) is 2.52. The zero-order chi connectivity index (χ0) is 18.6. The molecule has 1 aromatic heterocycles. The molecule has 1 saturated heterocycles. The van der Waals surface area contributed by atoms with Crippen LogP contribution in [-0.4, -0.2) is 30.3 Å². The number of nitrogens with two attached hydrogens (primary N) is 1. The van der Waals surface area contributed by atoms with E-state index < -0.39 is 0 Å². The highest BCUT2D eigenvalue weighted by Crippen LogP contribution is 2.31. The van der Waals surface area contributed by atoms with Crippen molar-refractivity contribution in [3.05, 3.63) is 59.9 Å². The largest absolute Gasteiger partial charge is 0.497 e. The van der Waals surface area contributed by atoms with Gasteiger partial charge in [0.1, 0.15) is 11.4 Å². The molecule has 27 heavy (non-hydrogen) atoms. The van der Waals surface area contributed by atoms with Gasteiger partial charge in [0.15, 0.2) is 5.76 Å². The van der Waals surface area contributed by atoms with E-state index in [1.807, 2.05) is 12.1 Å². The molecule has 1 aliphatic rings. The molecule has 0 radical (unpaired) electrons. The summed E-state index contributed by atoms with van der Waals surface area (Å²) in [5.74, 6) is 1.57. The number of benzene rings is 2. The van der Waals surface area contributed by atoms with E-state index >= 15 is 0 Å². The normalized spacial score (nSPS) is 14.6. The third-order valence-corrected chi connectivity index (χ3v) is 5.16. The van der Waals surface area contributed by atoms with Crippen LogP contribution < -0.4 is 10.5 Å². The average Bonchev–Trinajstić information content (AvgIpc) is 3.40. The average molecular weight is 363 g/mol. The van der Waals surface area contributed by atoms with Crippen LogP contribution in [0.25, 0.3) is 22.4 Å². The molecule has 1 fully saturated rings. The van der Waals surface area contributed by atoms with E-state index in [1.54, 1.807) is 7.11 Å². The summed E-state index contributed by atoms with van der Waals surface area (Å²) in [6, 6.07) is 16.7. The first-order valence-electron chi connectivity index (χ1n) is 9.42. The fraction of sp³-hybridized carbons (Fsp3) is 0.318. The molecule has 0 spiro atoms. The topological polar surface area (TPSA) is 64.5 Å². The Morgan fingerprint density at radius 2 is 1.78 bits per heavy atom. The molecular formula is C22H25N3O2. The summed E-state index contributed by atoms with van der Waals surface area (Å²) in [5, 5.41) is 4.09. The lowest BCUT2D eigenvalue weighted by Gasteiger charge is -2.18. The summed E-state index contributed by atoms with van der Waals surface area (Å²) in [6.07, 6.45) is 2.59. The second-order valence-corrected chi connectivity index (χ2v) is 6.97. The molecule has 5 nitrogen and oxygen atoms in total. The van der Waals surface area contributed by atoms with E-state index in [1.165, 1.54) is 42.6 Å². The van der Waals surface area contributed by atoms with E-state index in [-0.39, 0.29) is 0 Å². The number of ether oxygens (including phenoxy) is 1. The van der Waals surface area contributed by atoms with Crippen molar-refractivity contribution in [3.63, 3.8) is 0 Å². The molecule has 0 saturated carbocycles. The van der Waals surface area contributed by atoms with Crippen LogP contribution in [0.3, 0.4) is 0 Å². The van der Waals surface area contributed by atoms with E-state index in [0.29, 0.717) is 12.3 Å². The van der Waals surface area contributed by atoms with Gasteiger partial charge in [0, 0.05) is 18.2 Å². The second-order valence-electron chi connectivity index (χ2n) is 6.97. The van der Waals surface area contributed by atoms with Crippen molar-refractivity contribution in [2.75, 3.05) is 20.2 Å². The van der Waals surface area contributed by atoms with Gasteiger partial charge in [-0.25, -0.2) is 0 Å². The minimum absolute atomic E-state index is 0.356. The maximum Gasteiger partial charge on any atom is 0.150 e. The van der Waals surface area contributed by atoms with Crippen LogP contribution >= 0.6 is 0 Å². The lowest BCUT2D eigenvalue weighted by atomic mass is 9.97. The highest BCUT2D eigenvalue weighted by Gasteiger charge is 2.15. The van der Waals surface area contributed by atoms with Crippen LogP contribution in [0, 0.1) is 0 Å². The number of methoxy groups -OCH3 is 1. The number of rotatable bonds is 6. The number of nitrogens with zero attached hydrogens (tertiary/aromatic N) is 2. The van der Waals surface area contributed by atoms with Crippen LogP contribution in [-0.2, 0) is 13.1 Å². The molecule has 0 amide bonds. The number of hydrogen-bond donors (Lipinski definition) is 1. The number of likely N-dealkylation sites (tertiary alicyclic amines) is 1. The molecule has 1 aliphatic heterocycles. The lowest BCUT2D eigenvalue weighted by molar-refractivity contribution is 0.331. The summed E-state index contributed by atoms with van der Waals surface area (Å²) in [5.41, 5.74) is 11.2. The van der Waals surface area contributed by atoms with Crippen molar-refractivity contribution in [2.24, 2.45) is 5.73 Å². The van der Waals surface area contributed by atoms with Gasteiger partial charge in [-0.15, -0.1) is 0 Å². The van der Waals surface area contributed by atoms with Crippen LogP contribution in [0.5, 0.6) is 5.75 Å². The standard InChI is InChI=1S/C22H25N3O2/c1-26-19-9-8-18(15-25-10-2-3-11-25)21(12-19)16-4-6-17(7-5-16)22-13-20(14-23)27-24-22/h4-9,12-13H,2-3,10-11,14-15,23H2,1H3. The van der Waals surface area contributed by atoms with Gasteiger partial charge in [-0.05, 0) is 54.8 Å². The Balaban J connectivity index is 1.64. The van der Waals surface area contributed by atoms with E-state index in [2.05, 4.69) is 46.5 Å². The first-order chi connectivity index (χ1) is 13.3. The van der Waals surface area contributed by atoms with E-state index in [0.717, 1.165) is 23.6 Å². The van der Waals surface area contributed by atoms with Gasteiger partial charge in [0.2, 0.25) is 0 Å². The molecule has 140 valence electrons. The minimum Gasteiger partial charge on any atom is -0.497 e. The summed E-state index contributed by atoms with van der Waals surface area (Å²) >= 11 is 0. The van der Waals surface area contributed by atoms with E-state index in [9.17, 15) is 0 Å². The molecule has 0 bridgehead atoms. The fourth-order valence-corrected chi connectivity index (χ4v) is 3.64. The predicted molar refractivity (Wildman–Crippen MR) is 106 cm³/mol. The summed E-state index contributed by atoms with van der Waals surface area (Å²) in [7, 11) is 1.71. The first kappa shape index (κ1) is 17.8. The number of aromatic nitrogens is 1. The third kappa shape index (κ3) is 3.89. The predicted octanol–water partition coefficient (Wildman–Crippen LogP) is 4.07. The van der Waals surface area contributed by atoms with Gasteiger partial charge < -0.3 is 15.0 Å². The maximum atomic E-state index is 5.60. The molecule has 2 aromatic carbocycles. The number of hydrogen-bond acceptors (Lipinski definition) is 5. The van der Waals surface area contributed by atoms with Crippen LogP contribution in [0.4, 0.5) is 0 Å². The highest BCUT2D eigenvalue weighted by atomic mass is 16.5. The lowest BCUT2D eigenvalue weighted by Crippen LogP contribution is -2.18. The SMILES string of the molecule is COc1ccc(CN2CCCC2)c(-c2ccc(-c3cc(CN)on3)cc2)c1. The first-order valence-corrected chi connectivity index (χ1v) is 9.42. The Labute approximate surface area is 159 Å². The Kier molecular flexibility index (Phi) is 5.23. The monoisotopic (exact) mass is 363 g/mol. The second kappa shape index (κ2) is 7.94. The van der Waals surface area contributed by atoms with Crippen LogP contribution in [0.15, 0.2) is 53.1 Å². The zero-order valence-electron chi connectivity index (χ0n) is 15.6. The minimum atomic E-state index is 0.356. The van der Waals surface area contributed by atoms with E-state index in [4.69, 9.17) is 15.0 Å². The molecule has 2 N–H and O–H groups in total. The molecule has 0 unspecified atom stereocenters. The van der Waals surface area contributed by atoms with Crippen molar-refractivity contribution in [3.8, 4) is 28.1 Å². The Morgan fingerprint density at radius 1 is 1.04 bits per heavy atom. The maximum absolute atomic E-state index is 5.60. The molecule has 2 heterocycles. The van der Waals surface area contributed by atoms with Gasteiger partial charge in [-0.2, -0.15) is 0 Å². The van der Waals surface area contributed by atoms with Crippen LogP contribution in [0.2, 0.25) is 0 Å². The van der Waals surface area contributed by atoms with Gasteiger partial charge in [-0.3, -0.25) is 4.90 Å². The fourth-order valence-electron chi connectivity index (χ4n) is 3.64. The van der Waals surface area contributed by atoms with Gasteiger partial charge in [0.25, 0.3) is 0 Å².